The fourth-order valence-electron chi connectivity index (χ4n) is 1.54. The number of nitrogens with one attached hydrogen (secondary N) is 1. The number of hydrazone groups is 1. The second-order valence-corrected chi connectivity index (χ2v) is 4.73. The monoisotopic (exact) mass is 346 g/mol. The lowest BCUT2D eigenvalue weighted by atomic mass is 10.2. The molecule has 2 rings (SSSR count). The van der Waals surface area contributed by atoms with E-state index < -0.39 is 0 Å². The molecular weight excluding hydrogens is 336 g/mol. The number of benzene rings is 1. The highest BCUT2D eigenvalue weighted by Crippen LogP contribution is 2.15. The van der Waals surface area contributed by atoms with Crippen LogP contribution in [0.4, 0.5) is 0 Å². The fourth-order valence-corrected chi connectivity index (χ4v) is 2.00. The first-order valence-corrected chi connectivity index (χ1v) is 6.73. The van der Waals surface area contributed by atoms with Gasteiger partial charge in [-0.2, -0.15) is 5.10 Å². The summed E-state index contributed by atoms with van der Waals surface area (Å²) in [5.41, 5.74) is 3.56. The zero-order chi connectivity index (χ0) is 15.1. The van der Waals surface area contributed by atoms with Crippen LogP contribution in [-0.4, -0.2) is 28.0 Å². The van der Waals surface area contributed by atoms with Gasteiger partial charge in [0.2, 0.25) is 0 Å². The molecular formula is C14H11BrN4O2. The van der Waals surface area contributed by atoms with Gasteiger partial charge in [-0.05, 0) is 40.2 Å². The molecule has 1 heterocycles. The third kappa shape index (κ3) is 3.96. The van der Waals surface area contributed by atoms with Crippen LogP contribution in [0.5, 0.6) is 0 Å². The molecule has 2 N–H and O–H groups in total. The molecule has 0 radical (unpaired) electrons. The predicted molar refractivity (Wildman–Crippen MR) is 82.7 cm³/mol. The minimum Gasteiger partial charge on any atom is -0.411 e. The molecule has 0 atom stereocenters. The minimum atomic E-state index is -0.387. The van der Waals surface area contributed by atoms with Gasteiger partial charge < -0.3 is 5.21 Å². The summed E-state index contributed by atoms with van der Waals surface area (Å²) >= 11 is 3.29. The smallest absolute Gasteiger partial charge is 0.272 e. The average molecular weight is 347 g/mol. The van der Waals surface area contributed by atoms with Crippen LogP contribution in [-0.2, 0) is 0 Å². The first kappa shape index (κ1) is 14.9. The Morgan fingerprint density at radius 1 is 1.24 bits per heavy atom. The van der Waals surface area contributed by atoms with Crippen LogP contribution in [0.25, 0.3) is 0 Å². The summed E-state index contributed by atoms with van der Waals surface area (Å²) in [4.78, 5) is 16.1. The van der Waals surface area contributed by atoms with Crippen molar-refractivity contribution in [3.8, 4) is 0 Å². The highest BCUT2D eigenvalue weighted by atomic mass is 79.9. The molecule has 7 heteroatoms. The number of pyridine rings is 1. The van der Waals surface area contributed by atoms with Crippen molar-refractivity contribution in [3.63, 3.8) is 0 Å². The lowest BCUT2D eigenvalue weighted by Gasteiger charge is -2.04. The molecule has 0 unspecified atom stereocenters. The van der Waals surface area contributed by atoms with Crippen LogP contribution in [0.3, 0.4) is 0 Å². The summed E-state index contributed by atoms with van der Waals surface area (Å²) in [5, 5.41) is 15.5. The van der Waals surface area contributed by atoms with Gasteiger partial charge in [0.1, 0.15) is 5.71 Å². The number of carbonyl (C=O) groups is 1. The molecule has 21 heavy (non-hydrogen) atoms. The molecule has 0 saturated heterocycles. The lowest BCUT2D eigenvalue weighted by molar-refractivity contribution is 0.0954. The lowest BCUT2D eigenvalue weighted by Crippen LogP contribution is -2.21. The molecule has 6 nitrogen and oxygen atoms in total. The third-order valence-electron chi connectivity index (χ3n) is 2.50. The van der Waals surface area contributed by atoms with Gasteiger partial charge in [-0.3, -0.25) is 9.78 Å². The van der Waals surface area contributed by atoms with Gasteiger partial charge in [-0.25, -0.2) is 5.43 Å². The molecule has 1 aromatic carbocycles. The zero-order valence-corrected chi connectivity index (χ0v) is 12.4. The van der Waals surface area contributed by atoms with Crippen LogP contribution in [0, 0.1) is 0 Å². The predicted octanol–water partition coefficient (Wildman–Crippen LogP) is 2.44. The summed E-state index contributed by atoms with van der Waals surface area (Å²) in [6.45, 7) is 0. The van der Waals surface area contributed by atoms with Crippen molar-refractivity contribution < 1.29 is 10.0 Å². The number of carbonyl (C=O) groups excluding carboxylic acids is 1. The van der Waals surface area contributed by atoms with Crippen LogP contribution in [0.1, 0.15) is 16.1 Å². The molecule has 1 amide bonds. The number of halogens is 1. The Morgan fingerprint density at radius 2 is 2.00 bits per heavy atom. The van der Waals surface area contributed by atoms with Crippen molar-refractivity contribution in [2.24, 2.45) is 10.3 Å². The van der Waals surface area contributed by atoms with Crippen LogP contribution < -0.4 is 5.43 Å². The molecule has 106 valence electrons. The first-order valence-electron chi connectivity index (χ1n) is 5.94. The molecule has 0 saturated carbocycles. The van der Waals surface area contributed by atoms with E-state index in [4.69, 9.17) is 5.21 Å². The second kappa shape index (κ2) is 7.30. The molecule has 0 aliphatic heterocycles. The molecule has 2 aromatic rings. The van der Waals surface area contributed by atoms with Gasteiger partial charge in [-0.1, -0.05) is 23.4 Å². The number of amides is 1. The van der Waals surface area contributed by atoms with Gasteiger partial charge in [0.25, 0.3) is 5.91 Å². The third-order valence-corrected chi connectivity index (χ3v) is 3.20. The van der Waals surface area contributed by atoms with E-state index in [0.29, 0.717) is 15.7 Å². The van der Waals surface area contributed by atoms with Crippen molar-refractivity contribution in [2.75, 3.05) is 0 Å². The largest absolute Gasteiger partial charge is 0.411 e. The van der Waals surface area contributed by atoms with E-state index >= 15 is 0 Å². The summed E-state index contributed by atoms with van der Waals surface area (Å²) in [5.74, 6) is -0.387. The van der Waals surface area contributed by atoms with Crippen LogP contribution >= 0.6 is 15.9 Å². The minimum absolute atomic E-state index is 0.235. The summed E-state index contributed by atoms with van der Waals surface area (Å²) < 4.78 is 0.660. The number of hydrogen-bond acceptors (Lipinski definition) is 5. The standard InChI is InChI=1S/C14H11BrN4O2/c15-11-6-2-1-5-10(11)14(20)19-18-13(9-17-21)12-7-3-4-8-16-12/h1-9,21H,(H,19,20). The van der Waals surface area contributed by atoms with Crippen molar-refractivity contribution in [2.45, 2.75) is 0 Å². The average Bonchev–Trinajstić information content (AvgIpc) is 2.52. The quantitative estimate of drug-likeness (QED) is 0.506. The van der Waals surface area contributed by atoms with Crippen LogP contribution in [0.2, 0.25) is 0 Å². The van der Waals surface area contributed by atoms with Crippen molar-refractivity contribution in [1.82, 2.24) is 10.4 Å². The summed E-state index contributed by atoms with van der Waals surface area (Å²) in [6, 6.07) is 12.2. The fraction of sp³-hybridized carbons (Fsp3) is 0. The van der Waals surface area contributed by atoms with Gasteiger partial charge >= 0.3 is 0 Å². The number of hydrogen-bond donors (Lipinski definition) is 2. The number of oxime groups is 1. The Kier molecular flexibility index (Phi) is 5.16. The van der Waals surface area contributed by atoms with Gasteiger partial charge in [0.05, 0.1) is 17.5 Å². The zero-order valence-electron chi connectivity index (χ0n) is 10.8. The van der Waals surface area contributed by atoms with E-state index in [1.165, 1.54) is 0 Å². The Labute approximate surface area is 129 Å². The van der Waals surface area contributed by atoms with E-state index in [1.54, 1.807) is 42.6 Å². The Balaban J connectivity index is 2.21. The van der Waals surface area contributed by atoms with E-state index in [0.717, 1.165) is 6.21 Å². The molecule has 0 bridgehead atoms. The first-order chi connectivity index (χ1) is 10.2. The number of aromatic nitrogens is 1. The number of rotatable bonds is 4. The van der Waals surface area contributed by atoms with E-state index in [-0.39, 0.29) is 11.6 Å². The normalized spacial score (nSPS) is 11.6. The Bertz CT molecular complexity index is 686. The van der Waals surface area contributed by atoms with Crippen molar-refractivity contribution in [3.05, 3.63) is 64.4 Å². The van der Waals surface area contributed by atoms with Gasteiger partial charge in [0.15, 0.2) is 0 Å². The van der Waals surface area contributed by atoms with Gasteiger partial charge in [0, 0.05) is 10.7 Å². The molecule has 0 spiro atoms. The van der Waals surface area contributed by atoms with Crippen molar-refractivity contribution in [1.29, 1.82) is 0 Å². The van der Waals surface area contributed by atoms with Crippen LogP contribution in [0.15, 0.2) is 63.4 Å². The Morgan fingerprint density at radius 3 is 2.67 bits per heavy atom. The molecule has 0 aliphatic carbocycles. The maximum atomic E-state index is 12.0. The van der Waals surface area contributed by atoms with Gasteiger partial charge in [-0.15, -0.1) is 0 Å². The topological polar surface area (TPSA) is 86.9 Å². The molecule has 0 fully saturated rings. The van der Waals surface area contributed by atoms with E-state index in [1.807, 2.05) is 6.07 Å². The maximum Gasteiger partial charge on any atom is 0.272 e. The second-order valence-electron chi connectivity index (χ2n) is 3.88. The van der Waals surface area contributed by atoms with E-state index in [2.05, 4.69) is 36.6 Å². The summed E-state index contributed by atoms with van der Waals surface area (Å²) in [6.07, 6.45) is 2.67. The number of nitrogens with zero attached hydrogens (tertiary/aromatic N) is 3. The Hall–Kier alpha value is -2.54. The summed E-state index contributed by atoms with van der Waals surface area (Å²) in [7, 11) is 0. The SMILES string of the molecule is O=C(NN=C(C=NO)c1ccccn1)c1ccccc1Br. The van der Waals surface area contributed by atoms with Crippen molar-refractivity contribution >= 4 is 33.8 Å². The maximum absolute atomic E-state index is 12.0. The van der Waals surface area contributed by atoms with E-state index in [9.17, 15) is 4.79 Å². The highest BCUT2D eigenvalue weighted by molar-refractivity contribution is 9.10. The molecule has 0 aliphatic rings. The highest BCUT2D eigenvalue weighted by Gasteiger charge is 2.09. The molecule has 1 aromatic heterocycles.